The molecule has 0 saturated carbocycles. The van der Waals surface area contributed by atoms with Crippen LogP contribution in [0.5, 0.6) is 0 Å². The monoisotopic (exact) mass is 214 g/mol. The average molecular weight is 215 g/mol. The molecular weight excluding hydrogens is 200 g/mol. The van der Waals surface area contributed by atoms with Gasteiger partial charge in [0.05, 0.1) is 16.8 Å². The van der Waals surface area contributed by atoms with Crippen LogP contribution in [0.2, 0.25) is 5.02 Å². The Morgan fingerprint density at radius 3 is 2.64 bits per heavy atom. The fourth-order valence-electron chi connectivity index (χ4n) is 1.22. The van der Waals surface area contributed by atoms with E-state index in [-0.39, 0.29) is 0 Å². The molecule has 0 amide bonds. The van der Waals surface area contributed by atoms with Crippen LogP contribution in [-0.4, -0.2) is 30.6 Å². The van der Waals surface area contributed by atoms with Crippen LogP contribution in [0, 0.1) is 0 Å². The van der Waals surface area contributed by atoms with Crippen molar-refractivity contribution in [3.63, 3.8) is 0 Å². The molecule has 0 aliphatic heterocycles. The summed E-state index contributed by atoms with van der Waals surface area (Å²) >= 11 is 5.77. The van der Waals surface area contributed by atoms with Gasteiger partial charge in [0, 0.05) is 6.54 Å². The number of hydrogen-bond acceptors (Lipinski definition) is 3. The first-order valence-electron chi connectivity index (χ1n) is 4.38. The summed E-state index contributed by atoms with van der Waals surface area (Å²) < 4.78 is 0. The van der Waals surface area contributed by atoms with E-state index in [0.717, 1.165) is 5.56 Å². The second-order valence-electron chi connectivity index (χ2n) is 3.56. The fourth-order valence-corrected chi connectivity index (χ4v) is 1.34. The van der Waals surface area contributed by atoms with Gasteiger partial charge in [-0.1, -0.05) is 17.7 Å². The van der Waals surface area contributed by atoms with Crippen molar-refractivity contribution in [2.45, 2.75) is 6.10 Å². The standard InChI is InChI=1S/C10H15ClN2O/c1-13(2)6-10(14)7-3-4-8(11)9(12)5-7/h3-5,10,14H,6,12H2,1-2H3. The van der Waals surface area contributed by atoms with E-state index in [0.29, 0.717) is 17.3 Å². The van der Waals surface area contributed by atoms with Crippen LogP contribution in [0.25, 0.3) is 0 Å². The maximum atomic E-state index is 9.77. The van der Waals surface area contributed by atoms with Gasteiger partial charge < -0.3 is 15.7 Å². The lowest BCUT2D eigenvalue weighted by Crippen LogP contribution is -2.20. The van der Waals surface area contributed by atoms with Gasteiger partial charge in [-0.05, 0) is 31.8 Å². The number of aliphatic hydroxyl groups excluding tert-OH is 1. The summed E-state index contributed by atoms with van der Waals surface area (Å²) in [4.78, 5) is 1.91. The molecule has 3 nitrogen and oxygen atoms in total. The number of halogens is 1. The van der Waals surface area contributed by atoms with E-state index in [1.165, 1.54) is 0 Å². The molecule has 0 aliphatic rings. The van der Waals surface area contributed by atoms with Gasteiger partial charge in [-0.15, -0.1) is 0 Å². The number of aliphatic hydroxyl groups is 1. The fraction of sp³-hybridized carbons (Fsp3) is 0.400. The molecule has 78 valence electrons. The van der Waals surface area contributed by atoms with Gasteiger partial charge in [0.2, 0.25) is 0 Å². The van der Waals surface area contributed by atoms with Gasteiger partial charge in [0.1, 0.15) is 0 Å². The smallest absolute Gasteiger partial charge is 0.0917 e. The highest BCUT2D eigenvalue weighted by atomic mass is 35.5. The number of benzene rings is 1. The van der Waals surface area contributed by atoms with Crippen molar-refractivity contribution in [3.8, 4) is 0 Å². The largest absolute Gasteiger partial charge is 0.398 e. The van der Waals surface area contributed by atoms with Crippen LogP contribution in [0.1, 0.15) is 11.7 Å². The summed E-state index contributed by atoms with van der Waals surface area (Å²) in [6.07, 6.45) is -0.524. The normalized spacial score (nSPS) is 13.2. The van der Waals surface area contributed by atoms with E-state index in [2.05, 4.69) is 0 Å². The molecule has 1 unspecified atom stereocenters. The summed E-state index contributed by atoms with van der Waals surface area (Å²) in [6, 6.07) is 5.19. The molecule has 0 saturated heterocycles. The molecule has 0 aromatic heterocycles. The van der Waals surface area contributed by atoms with Crippen LogP contribution in [0.4, 0.5) is 5.69 Å². The van der Waals surface area contributed by atoms with E-state index >= 15 is 0 Å². The van der Waals surface area contributed by atoms with Crippen molar-refractivity contribution in [1.29, 1.82) is 0 Å². The molecule has 0 spiro atoms. The molecule has 4 heteroatoms. The Hall–Kier alpha value is -0.770. The Labute approximate surface area is 89.1 Å². The maximum absolute atomic E-state index is 9.77. The minimum absolute atomic E-state index is 0.502. The van der Waals surface area contributed by atoms with Gasteiger partial charge >= 0.3 is 0 Å². The first-order chi connectivity index (χ1) is 6.50. The zero-order valence-electron chi connectivity index (χ0n) is 8.37. The molecule has 14 heavy (non-hydrogen) atoms. The van der Waals surface area contributed by atoms with E-state index < -0.39 is 6.10 Å². The van der Waals surface area contributed by atoms with Gasteiger partial charge in [-0.3, -0.25) is 0 Å². The average Bonchev–Trinajstić information content (AvgIpc) is 2.08. The van der Waals surface area contributed by atoms with Gasteiger partial charge in [0.15, 0.2) is 0 Å². The van der Waals surface area contributed by atoms with E-state index in [1.54, 1.807) is 18.2 Å². The summed E-state index contributed by atoms with van der Waals surface area (Å²) in [5.41, 5.74) is 6.93. The Morgan fingerprint density at radius 2 is 2.14 bits per heavy atom. The molecule has 3 N–H and O–H groups in total. The third-order valence-electron chi connectivity index (χ3n) is 1.94. The lowest BCUT2D eigenvalue weighted by Gasteiger charge is -2.16. The Bertz CT molecular complexity index is 315. The topological polar surface area (TPSA) is 49.5 Å². The summed E-state index contributed by atoms with van der Waals surface area (Å²) in [6.45, 7) is 0.571. The van der Waals surface area contributed by atoms with Crippen molar-refractivity contribution >= 4 is 17.3 Å². The van der Waals surface area contributed by atoms with Crippen LogP contribution in [0.15, 0.2) is 18.2 Å². The number of nitrogens with two attached hydrogens (primary N) is 1. The highest BCUT2D eigenvalue weighted by Crippen LogP contribution is 2.23. The molecule has 0 heterocycles. The SMILES string of the molecule is CN(C)CC(O)c1ccc(Cl)c(N)c1. The zero-order chi connectivity index (χ0) is 10.7. The molecule has 0 bridgehead atoms. The number of rotatable bonds is 3. The minimum atomic E-state index is -0.524. The van der Waals surface area contributed by atoms with Crippen molar-refractivity contribution in [2.75, 3.05) is 26.4 Å². The zero-order valence-corrected chi connectivity index (χ0v) is 9.12. The van der Waals surface area contributed by atoms with E-state index in [4.69, 9.17) is 17.3 Å². The quantitative estimate of drug-likeness (QED) is 0.751. The van der Waals surface area contributed by atoms with Gasteiger partial charge in [0.25, 0.3) is 0 Å². The predicted molar refractivity (Wildman–Crippen MR) is 59.4 cm³/mol. The summed E-state index contributed by atoms with van der Waals surface area (Å²) in [7, 11) is 3.81. The lowest BCUT2D eigenvalue weighted by molar-refractivity contribution is 0.138. The Balaban J connectivity index is 2.80. The second-order valence-corrected chi connectivity index (χ2v) is 3.97. The molecule has 1 atom stereocenters. The Kier molecular flexibility index (Phi) is 3.75. The van der Waals surface area contributed by atoms with Gasteiger partial charge in [-0.2, -0.15) is 0 Å². The number of likely N-dealkylation sites (N-methyl/N-ethyl adjacent to an activating group) is 1. The Morgan fingerprint density at radius 1 is 1.50 bits per heavy atom. The predicted octanol–water partition coefficient (Wildman–Crippen LogP) is 1.52. The maximum Gasteiger partial charge on any atom is 0.0917 e. The van der Waals surface area contributed by atoms with Crippen LogP contribution >= 0.6 is 11.6 Å². The molecule has 0 aliphatic carbocycles. The third-order valence-corrected chi connectivity index (χ3v) is 2.29. The van der Waals surface area contributed by atoms with Gasteiger partial charge in [-0.25, -0.2) is 0 Å². The molecule has 1 aromatic rings. The van der Waals surface area contributed by atoms with Crippen molar-refractivity contribution in [2.24, 2.45) is 0 Å². The number of nitrogens with zero attached hydrogens (tertiary/aromatic N) is 1. The second kappa shape index (κ2) is 4.64. The number of anilines is 1. The lowest BCUT2D eigenvalue weighted by atomic mass is 10.1. The highest BCUT2D eigenvalue weighted by molar-refractivity contribution is 6.33. The van der Waals surface area contributed by atoms with Crippen molar-refractivity contribution in [3.05, 3.63) is 28.8 Å². The molecule has 0 fully saturated rings. The van der Waals surface area contributed by atoms with Crippen molar-refractivity contribution in [1.82, 2.24) is 4.90 Å². The highest BCUT2D eigenvalue weighted by Gasteiger charge is 2.09. The minimum Gasteiger partial charge on any atom is -0.398 e. The first-order valence-corrected chi connectivity index (χ1v) is 4.76. The third kappa shape index (κ3) is 2.87. The molecule has 0 radical (unpaired) electrons. The van der Waals surface area contributed by atoms with E-state index in [9.17, 15) is 5.11 Å². The molecular formula is C10H15ClN2O. The molecule has 1 aromatic carbocycles. The summed E-state index contributed by atoms with van der Waals surface area (Å²) in [5.74, 6) is 0. The van der Waals surface area contributed by atoms with Crippen molar-refractivity contribution < 1.29 is 5.11 Å². The van der Waals surface area contributed by atoms with Crippen LogP contribution < -0.4 is 5.73 Å². The first kappa shape index (κ1) is 11.3. The van der Waals surface area contributed by atoms with Crippen LogP contribution in [-0.2, 0) is 0 Å². The van der Waals surface area contributed by atoms with E-state index in [1.807, 2.05) is 19.0 Å². The van der Waals surface area contributed by atoms with Crippen LogP contribution in [0.3, 0.4) is 0 Å². The number of nitrogen functional groups attached to an aromatic ring is 1. The summed E-state index contributed by atoms with van der Waals surface area (Å²) in [5, 5.41) is 10.3. The molecule has 1 rings (SSSR count). The number of hydrogen-bond donors (Lipinski definition) is 2.